The zero-order chi connectivity index (χ0) is 10.1. The molecule has 0 unspecified atom stereocenters. The average Bonchev–Trinajstić information content (AvgIpc) is 2.14. The van der Waals surface area contributed by atoms with Crippen molar-refractivity contribution in [1.29, 1.82) is 0 Å². The van der Waals surface area contributed by atoms with E-state index in [2.05, 4.69) is 27.7 Å². The molecule has 78 valence electrons. The minimum absolute atomic E-state index is 1.27. The molecule has 0 saturated carbocycles. The minimum Gasteiger partial charge on any atom is -0.0713 e. The van der Waals surface area contributed by atoms with E-state index in [0.29, 0.717) is 0 Å². The number of hydrogen-bond donors (Lipinski definition) is 0. The number of hydrogen-bond acceptors (Lipinski definition) is 0. The fraction of sp³-hybridized carbons (Fsp3) is 0.846. The van der Waals surface area contributed by atoms with Gasteiger partial charge in [-0.15, -0.1) is 0 Å². The van der Waals surface area contributed by atoms with E-state index in [1.54, 1.807) is 11.1 Å². The van der Waals surface area contributed by atoms with Crippen LogP contribution in [0.4, 0.5) is 0 Å². The Kier molecular flexibility index (Phi) is 8.18. The standard InChI is InChI=1S/C13H26/c1-5-9-12(8-4)13(10-6-2)11-7-3/h5-11H2,1-4H3. The van der Waals surface area contributed by atoms with Crippen molar-refractivity contribution in [1.82, 2.24) is 0 Å². The molecular formula is C13H26. The first-order chi connectivity index (χ1) is 6.29. The minimum atomic E-state index is 1.27. The Morgan fingerprint density at radius 2 is 1.00 bits per heavy atom. The fourth-order valence-corrected chi connectivity index (χ4v) is 1.99. The highest BCUT2D eigenvalue weighted by atomic mass is 14.1. The van der Waals surface area contributed by atoms with Crippen LogP contribution in [0.15, 0.2) is 11.1 Å². The number of rotatable bonds is 7. The van der Waals surface area contributed by atoms with Crippen molar-refractivity contribution in [2.45, 2.75) is 72.6 Å². The van der Waals surface area contributed by atoms with Gasteiger partial charge in [-0.1, -0.05) is 58.1 Å². The van der Waals surface area contributed by atoms with E-state index in [4.69, 9.17) is 0 Å². The molecule has 0 aromatic carbocycles. The van der Waals surface area contributed by atoms with Gasteiger partial charge in [-0.05, 0) is 25.7 Å². The highest BCUT2D eigenvalue weighted by Gasteiger charge is 2.02. The summed E-state index contributed by atoms with van der Waals surface area (Å²) in [5.74, 6) is 0. The first-order valence-corrected chi connectivity index (χ1v) is 5.99. The molecule has 0 rings (SSSR count). The van der Waals surface area contributed by atoms with Gasteiger partial charge in [0.05, 0.1) is 0 Å². The summed E-state index contributed by atoms with van der Waals surface area (Å²) >= 11 is 0. The van der Waals surface area contributed by atoms with Gasteiger partial charge < -0.3 is 0 Å². The Morgan fingerprint density at radius 1 is 0.615 bits per heavy atom. The van der Waals surface area contributed by atoms with Crippen LogP contribution in [0.1, 0.15) is 72.6 Å². The van der Waals surface area contributed by atoms with Gasteiger partial charge in [0, 0.05) is 0 Å². The third kappa shape index (κ3) is 5.13. The predicted molar refractivity (Wildman–Crippen MR) is 62.0 cm³/mol. The normalized spacial score (nSPS) is 10.2. The molecule has 0 aliphatic carbocycles. The molecule has 0 aromatic heterocycles. The van der Waals surface area contributed by atoms with E-state index in [0.717, 1.165) is 0 Å². The molecule has 0 saturated heterocycles. The third-order valence-corrected chi connectivity index (χ3v) is 2.58. The molecule has 0 amide bonds. The van der Waals surface area contributed by atoms with Crippen molar-refractivity contribution in [3.05, 3.63) is 11.1 Å². The van der Waals surface area contributed by atoms with Crippen LogP contribution in [-0.2, 0) is 0 Å². The second-order valence-corrected chi connectivity index (χ2v) is 3.81. The molecule has 0 heterocycles. The summed E-state index contributed by atoms with van der Waals surface area (Å²) in [5.41, 5.74) is 3.50. The summed E-state index contributed by atoms with van der Waals surface area (Å²) in [6.07, 6.45) is 9.17. The zero-order valence-corrected chi connectivity index (χ0v) is 9.95. The highest BCUT2D eigenvalue weighted by molar-refractivity contribution is 5.13. The summed E-state index contributed by atoms with van der Waals surface area (Å²) in [5, 5.41) is 0. The molecular weight excluding hydrogens is 156 g/mol. The van der Waals surface area contributed by atoms with E-state index in [1.165, 1.54) is 44.9 Å². The van der Waals surface area contributed by atoms with E-state index < -0.39 is 0 Å². The lowest BCUT2D eigenvalue weighted by molar-refractivity contribution is 0.745. The largest absolute Gasteiger partial charge is 0.0713 e. The predicted octanol–water partition coefficient (Wildman–Crippen LogP) is 5.09. The van der Waals surface area contributed by atoms with Crippen molar-refractivity contribution in [2.24, 2.45) is 0 Å². The molecule has 0 heteroatoms. The van der Waals surface area contributed by atoms with Crippen molar-refractivity contribution in [2.75, 3.05) is 0 Å². The van der Waals surface area contributed by atoms with E-state index in [9.17, 15) is 0 Å². The summed E-state index contributed by atoms with van der Waals surface area (Å²) in [4.78, 5) is 0. The van der Waals surface area contributed by atoms with Crippen LogP contribution in [-0.4, -0.2) is 0 Å². The topological polar surface area (TPSA) is 0 Å². The van der Waals surface area contributed by atoms with Crippen LogP contribution in [0.25, 0.3) is 0 Å². The monoisotopic (exact) mass is 182 g/mol. The van der Waals surface area contributed by atoms with Crippen molar-refractivity contribution in [3.8, 4) is 0 Å². The van der Waals surface area contributed by atoms with Gasteiger partial charge in [0.25, 0.3) is 0 Å². The lowest BCUT2D eigenvalue weighted by atomic mass is 9.94. The van der Waals surface area contributed by atoms with Gasteiger partial charge in [0.15, 0.2) is 0 Å². The SMILES string of the molecule is CCCC(CC)=C(CCC)CCC. The molecule has 0 radical (unpaired) electrons. The van der Waals surface area contributed by atoms with Crippen LogP contribution in [0.2, 0.25) is 0 Å². The summed E-state index contributed by atoms with van der Waals surface area (Å²) in [6, 6.07) is 0. The van der Waals surface area contributed by atoms with Gasteiger partial charge in [-0.2, -0.15) is 0 Å². The molecule has 0 aliphatic rings. The fourth-order valence-electron chi connectivity index (χ4n) is 1.99. The molecule has 0 N–H and O–H groups in total. The molecule has 0 atom stereocenters. The first-order valence-electron chi connectivity index (χ1n) is 5.99. The Labute approximate surface area is 84.4 Å². The maximum atomic E-state index is 2.30. The Balaban J connectivity index is 4.35. The Bertz CT molecular complexity index is 134. The lowest BCUT2D eigenvalue weighted by Gasteiger charge is -2.12. The molecule has 13 heavy (non-hydrogen) atoms. The van der Waals surface area contributed by atoms with Gasteiger partial charge in [0.1, 0.15) is 0 Å². The van der Waals surface area contributed by atoms with E-state index in [1.807, 2.05) is 0 Å². The summed E-state index contributed by atoms with van der Waals surface area (Å²) in [6.45, 7) is 9.16. The molecule has 0 nitrogen and oxygen atoms in total. The molecule has 0 spiro atoms. The lowest BCUT2D eigenvalue weighted by Crippen LogP contribution is -1.92. The van der Waals surface area contributed by atoms with Crippen LogP contribution >= 0.6 is 0 Å². The summed E-state index contributed by atoms with van der Waals surface area (Å²) in [7, 11) is 0. The zero-order valence-electron chi connectivity index (χ0n) is 9.95. The molecule has 0 bridgehead atoms. The Morgan fingerprint density at radius 3 is 1.31 bits per heavy atom. The Hall–Kier alpha value is -0.260. The smallest absolute Gasteiger partial charge is 0.0320 e. The van der Waals surface area contributed by atoms with Crippen LogP contribution in [0.5, 0.6) is 0 Å². The van der Waals surface area contributed by atoms with Crippen LogP contribution in [0.3, 0.4) is 0 Å². The molecule has 0 fully saturated rings. The van der Waals surface area contributed by atoms with Crippen molar-refractivity contribution < 1.29 is 0 Å². The van der Waals surface area contributed by atoms with Crippen molar-refractivity contribution in [3.63, 3.8) is 0 Å². The average molecular weight is 182 g/mol. The van der Waals surface area contributed by atoms with Gasteiger partial charge in [-0.3, -0.25) is 0 Å². The van der Waals surface area contributed by atoms with Crippen molar-refractivity contribution >= 4 is 0 Å². The third-order valence-electron chi connectivity index (χ3n) is 2.58. The quantitative estimate of drug-likeness (QED) is 0.481. The van der Waals surface area contributed by atoms with E-state index in [-0.39, 0.29) is 0 Å². The second kappa shape index (κ2) is 8.34. The molecule has 0 aliphatic heterocycles. The van der Waals surface area contributed by atoms with Crippen LogP contribution < -0.4 is 0 Å². The van der Waals surface area contributed by atoms with Gasteiger partial charge in [-0.25, -0.2) is 0 Å². The molecule has 0 aromatic rings. The first kappa shape index (κ1) is 12.7. The van der Waals surface area contributed by atoms with Gasteiger partial charge >= 0.3 is 0 Å². The maximum absolute atomic E-state index is 2.30. The highest BCUT2D eigenvalue weighted by Crippen LogP contribution is 2.22. The van der Waals surface area contributed by atoms with Crippen LogP contribution in [0, 0.1) is 0 Å². The number of allylic oxidation sites excluding steroid dienone is 2. The maximum Gasteiger partial charge on any atom is -0.0320 e. The second-order valence-electron chi connectivity index (χ2n) is 3.81. The van der Waals surface area contributed by atoms with E-state index >= 15 is 0 Å². The van der Waals surface area contributed by atoms with Gasteiger partial charge in [0.2, 0.25) is 0 Å². The summed E-state index contributed by atoms with van der Waals surface area (Å²) < 4.78 is 0.